The van der Waals surface area contributed by atoms with Crippen LogP contribution in [0.5, 0.6) is 5.75 Å². The highest BCUT2D eigenvalue weighted by Gasteiger charge is 2.27. The van der Waals surface area contributed by atoms with Crippen LogP contribution in [0.2, 0.25) is 0 Å². The number of β-amino-alcohol motifs (C(OH)–C–C–N with tert-alkyl or cyclic N) is 1. The number of hydrogen-bond acceptors (Lipinski definition) is 5. The van der Waals surface area contributed by atoms with Gasteiger partial charge in [-0.25, -0.2) is 0 Å². The van der Waals surface area contributed by atoms with E-state index >= 15 is 0 Å². The van der Waals surface area contributed by atoms with Gasteiger partial charge < -0.3 is 20.3 Å². The van der Waals surface area contributed by atoms with Gasteiger partial charge in [-0.15, -0.1) is 0 Å². The predicted octanol–water partition coefficient (Wildman–Crippen LogP) is 1.37. The van der Waals surface area contributed by atoms with Crippen LogP contribution in [0.15, 0.2) is 24.3 Å². The van der Waals surface area contributed by atoms with Crippen molar-refractivity contribution in [2.45, 2.75) is 25.6 Å². The number of para-hydroxylation sites is 2. The Balaban J connectivity index is 1.77. The first-order valence-corrected chi connectivity index (χ1v) is 7.50. The molecular formula is C16H26N2O3. The molecule has 3 atom stereocenters. The molecule has 1 aliphatic rings. The van der Waals surface area contributed by atoms with E-state index in [0.29, 0.717) is 23.9 Å². The summed E-state index contributed by atoms with van der Waals surface area (Å²) in [5, 5.41) is 10.1. The van der Waals surface area contributed by atoms with Gasteiger partial charge >= 0.3 is 0 Å². The molecule has 118 valence electrons. The third-order valence-electron chi connectivity index (χ3n) is 4.10. The van der Waals surface area contributed by atoms with Gasteiger partial charge in [-0.3, -0.25) is 4.90 Å². The van der Waals surface area contributed by atoms with Crippen molar-refractivity contribution in [1.29, 1.82) is 0 Å². The number of nitrogens with zero attached hydrogens (tertiary/aromatic N) is 1. The lowest BCUT2D eigenvalue weighted by molar-refractivity contribution is -0.0226. The Kier molecular flexibility index (Phi) is 5.85. The van der Waals surface area contributed by atoms with Crippen molar-refractivity contribution < 1.29 is 14.6 Å². The molecular weight excluding hydrogens is 268 g/mol. The smallest absolute Gasteiger partial charge is 0.142 e. The minimum absolute atomic E-state index is 0.247. The summed E-state index contributed by atoms with van der Waals surface area (Å²) in [6, 6.07) is 7.33. The topological polar surface area (TPSA) is 68.0 Å². The summed E-state index contributed by atoms with van der Waals surface area (Å²) < 4.78 is 11.1. The maximum Gasteiger partial charge on any atom is 0.142 e. The van der Waals surface area contributed by atoms with Gasteiger partial charge in [0.1, 0.15) is 18.5 Å². The molecule has 21 heavy (non-hydrogen) atoms. The molecule has 1 aromatic carbocycles. The summed E-state index contributed by atoms with van der Waals surface area (Å²) >= 11 is 0. The summed E-state index contributed by atoms with van der Waals surface area (Å²) in [6.45, 7) is 4.91. The van der Waals surface area contributed by atoms with E-state index in [1.54, 1.807) is 13.2 Å². The minimum Gasteiger partial charge on any atom is -0.489 e. The first-order valence-electron chi connectivity index (χ1n) is 7.50. The van der Waals surface area contributed by atoms with Crippen molar-refractivity contribution in [3.8, 4) is 5.75 Å². The monoisotopic (exact) mass is 294 g/mol. The number of benzene rings is 1. The first-order chi connectivity index (χ1) is 10.1. The molecule has 3 unspecified atom stereocenters. The van der Waals surface area contributed by atoms with Gasteiger partial charge in [-0.1, -0.05) is 19.1 Å². The van der Waals surface area contributed by atoms with Crippen molar-refractivity contribution >= 4 is 5.69 Å². The second-order valence-electron chi connectivity index (χ2n) is 5.80. The van der Waals surface area contributed by atoms with Crippen molar-refractivity contribution in [3.05, 3.63) is 24.3 Å². The number of rotatable bonds is 6. The lowest BCUT2D eigenvalue weighted by atomic mass is 9.95. The largest absolute Gasteiger partial charge is 0.489 e. The van der Waals surface area contributed by atoms with E-state index in [9.17, 15) is 5.11 Å². The number of nitrogens with two attached hydrogens (primary N) is 1. The number of hydrogen-bond donors (Lipinski definition) is 2. The molecule has 3 N–H and O–H groups in total. The van der Waals surface area contributed by atoms with E-state index in [1.807, 2.05) is 18.2 Å². The van der Waals surface area contributed by atoms with Gasteiger partial charge in [0.05, 0.1) is 11.8 Å². The highest BCUT2D eigenvalue weighted by atomic mass is 16.5. The number of ether oxygens (including phenoxy) is 2. The highest BCUT2D eigenvalue weighted by molar-refractivity contribution is 5.51. The number of aliphatic hydroxyl groups is 1. The molecule has 0 amide bonds. The molecule has 1 fully saturated rings. The van der Waals surface area contributed by atoms with E-state index in [-0.39, 0.29) is 12.7 Å². The van der Waals surface area contributed by atoms with Gasteiger partial charge in [0.15, 0.2) is 0 Å². The molecule has 0 bridgehead atoms. The van der Waals surface area contributed by atoms with Gasteiger partial charge in [-0.2, -0.15) is 0 Å². The molecule has 1 heterocycles. The standard InChI is InChI=1S/C16H26N2O3/c1-12-7-8-18(10-16(12)20-2)9-13(19)11-21-15-6-4-3-5-14(15)17/h3-6,12-13,16,19H,7-11,17H2,1-2H3. The van der Waals surface area contributed by atoms with Crippen LogP contribution in [-0.4, -0.2) is 55.6 Å². The summed E-state index contributed by atoms with van der Waals surface area (Å²) in [5.74, 6) is 1.20. The van der Waals surface area contributed by atoms with Crippen LogP contribution in [0.1, 0.15) is 13.3 Å². The van der Waals surface area contributed by atoms with E-state index in [0.717, 1.165) is 19.5 Å². The second kappa shape index (κ2) is 7.64. The zero-order valence-corrected chi connectivity index (χ0v) is 12.9. The molecule has 0 radical (unpaired) electrons. The fraction of sp³-hybridized carbons (Fsp3) is 0.625. The molecule has 0 spiro atoms. The van der Waals surface area contributed by atoms with Gasteiger partial charge in [0.25, 0.3) is 0 Å². The molecule has 1 saturated heterocycles. The number of methoxy groups -OCH3 is 1. The SMILES string of the molecule is COC1CN(CC(O)COc2ccccc2N)CCC1C. The lowest BCUT2D eigenvalue weighted by Crippen LogP contribution is -2.47. The summed E-state index contributed by atoms with van der Waals surface area (Å²) in [4.78, 5) is 2.23. The summed E-state index contributed by atoms with van der Waals surface area (Å²) in [7, 11) is 1.75. The van der Waals surface area contributed by atoms with Gasteiger partial charge in [-0.05, 0) is 31.0 Å². The second-order valence-corrected chi connectivity index (χ2v) is 5.80. The molecule has 1 aromatic rings. The van der Waals surface area contributed by atoms with Crippen molar-refractivity contribution in [2.75, 3.05) is 39.1 Å². The average Bonchev–Trinajstić information content (AvgIpc) is 2.48. The third-order valence-corrected chi connectivity index (χ3v) is 4.10. The van der Waals surface area contributed by atoms with Crippen LogP contribution in [0.4, 0.5) is 5.69 Å². The summed E-state index contributed by atoms with van der Waals surface area (Å²) in [6.07, 6.45) is 0.810. The normalized spacial score (nSPS) is 24.7. The van der Waals surface area contributed by atoms with Crippen LogP contribution >= 0.6 is 0 Å². The first kappa shape index (κ1) is 16.1. The van der Waals surface area contributed by atoms with E-state index in [1.165, 1.54) is 0 Å². The zero-order valence-electron chi connectivity index (χ0n) is 12.9. The summed E-state index contributed by atoms with van der Waals surface area (Å²) in [5.41, 5.74) is 6.40. The van der Waals surface area contributed by atoms with Crippen LogP contribution in [0, 0.1) is 5.92 Å². The molecule has 0 aromatic heterocycles. The predicted molar refractivity (Wildman–Crippen MR) is 83.4 cm³/mol. The maximum absolute atomic E-state index is 10.1. The van der Waals surface area contributed by atoms with E-state index < -0.39 is 6.10 Å². The Labute approximate surface area is 126 Å². The molecule has 5 heteroatoms. The third kappa shape index (κ3) is 4.59. The maximum atomic E-state index is 10.1. The molecule has 0 saturated carbocycles. The zero-order chi connectivity index (χ0) is 15.2. The van der Waals surface area contributed by atoms with Crippen LogP contribution in [-0.2, 0) is 4.74 Å². The Bertz CT molecular complexity index is 441. The average molecular weight is 294 g/mol. The molecule has 0 aliphatic carbocycles. The van der Waals surface area contributed by atoms with Gasteiger partial charge in [0, 0.05) is 20.2 Å². The van der Waals surface area contributed by atoms with Gasteiger partial charge in [0.2, 0.25) is 0 Å². The Morgan fingerprint density at radius 1 is 1.43 bits per heavy atom. The fourth-order valence-electron chi connectivity index (χ4n) is 2.72. The number of aliphatic hydroxyl groups excluding tert-OH is 1. The van der Waals surface area contributed by atoms with Crippen molar-refractivity contribution in [1.82, 2.24) is 4.90 Å². The molecule has 5 nitrogen and oxygen atoms in total. The van der Waals surface area contributed by atoms with Crippen LogP contribution in [0.25, 0.3) is 0 Å². The number of anilines is 1. The Hall–Kier alpha value is -1.30. The number of nitrogen functional groups attached to an aromatic ring is 1. The molecule has 2 rings (SSSR count). The Morgan fingerprint density at radius 2 is 2.19 bits per heavy atom. The quantitative estimate of drug-likeness (QED) is 0.776. The Morgan fingerprint density at radius 3 is 2.90 bits per heavy atom. The van der Waals surface area contributed by atoms with Crippen LogP contribution < -0.4 is 10.5 Å². The fourth-order valence-corrected chi connectivity index (χ4v) is 2.72. The minimum atomic E-state index is -0.532. The van der Waals surface area contributed by atoms with E-state index in [4.69, 9.17) is 15.2 Å². The lowest BCUT2D eigenvalue weighted by Gasteiger charge is -2.37. The number of likely N-dealkylation sites (tertiary alicyclic amines) is 1. The van der Waals surface area contributed by atoms with Crippen molar-refractivity contribution in [2.24, 2.45) is 5.92 Å². The van der Waals surface area contributed by atoms with Crippen LogP contribution in [0.3, 0.4) is 0 Å². The molecule has 1 aliphatic heterocycles. The van der Waals surface area contributed by atoms with Crippen molar-refractivity contribution in [3.63, 3.8) is 0 Å². The highest BCUT2D eigenvalue weighted by Crippen LogP contribution is 2.21. The van der Waals surface area contributed by atoms with E-state index in [2.05, 4.69) is 11.8 Å². The number of piperidine rings is 1.